The maximum atomic E-state index is 11.5. The summed E-state index contributed by atoms with van der Waals surface area (Å²) in [7, 11) is 3.31. The van der Waals surface area contributed by atoms with E-state index in [4.69, 9.17) is 4.74 Å². The second-order valence-electron chi connectivity index (χ2n) is 3.43. The molecule has 0 fully saturated rings. The molecule has 1 aromatic rings. The second-order valence-corrected chi connectivity index (χ2v) is 3.43. The topological polar surface area (TPSA) is 63.2 Å². The molecule has 0 saturated carbocycles. The lowest BCUT2D eigenvalue weighted by atomic mass is 10.2. The van der Waals surface area contributed by atoms with Gasteiger partial charge in [-0.2, -0.15) is 0 Å². The lowest BCUT2D eigenvalue weighted by Crippen LogP contribution is -2.39. The van der Waals surface area contributed by atoms with Crippen molar-refractivity contribution in [1.82, 2.24) is 15.6 Å². The highest BCUT2D eigenvalue weighted by atomic mass is 16.5. The molecule has 1 rings (SSSR count). The van der Waals surface area contributed by atoms with Gasteiger partial charge >= 0.3 is 0 Å². The van der Waals surface area contributed by atoms with Crippen LogP contribution in [0.5, 0.6) is 5.88 Å². The van der Waals surface area contributed by atoms with Gasteiger partial charge in [-0.15, -0.1) is 0 Å². The lowest BCUT2D eigenvalue weighted by molar-refractivity contribution is -0.122. The molecule has 1 amide bonds. The molecule has 0 aliphatic heterocycles. The van der Waals surface area contributed by atoms with Gasteiger partial charge < -0.3 is 15.4 Å². The number of carbonyl (C=O) groups excluding carboxylic acids is 1. The summed E-state index contributed by atoms with van der Waals surface area (Å²) in [4.78, 5) is 15.5. The molecule has 5 heteroatoms. The van der Waals surface area contributed by atoms with Crippen molar-refractivity contribution >= 4 is 5.91 Å². The van der Waals surface area contributed by atoms with Crippen molar-refractivity contribution in [2.45, 2.75) is 19.5 Å². The van der Waals surface area contributed by atoms with Gasteiger partial charge in [0.1, 0.15) is 0 Å². The SMILES string of the molecule is CNC(C)C(=O)NCc1ccnc(OC)c1. The van der Waals surface area contributed by atoms with E-state index >= 15 is 0 Å². The Morgan fingerprint density at radius 1 is 1.62 bits per heavy atom. The minimum Gasteiger partial charge on any atom is -0.481 e. The molecule has 1 heterocycles. The van der Waals surface area contributed by atoms with Crippen molar-refractivity contribution in [3.8, 4) is 5.88 Å². The van der Waals surface area contributed by atoms with Crippen molar-refractivity contribution < 1.29 is 9.53 Å². The molecule has 0 saturated heterocycles. The maximum absolute atomic E-state index is 11.5. The smallest absolute Gasteiger partial charge is 0.237 e. The van der Waals surface area contributed by atoms with Gasteiger partial charge in [0.05, 0.1) is 13.2 Å². The van der Waals surface area contributed by atoms with Crippen LogP contribution >= 0.6 is 0 Å². The summed E-state index contributed by atoms with van der Waals surface area (Å²) in [6, 6.07) is 3.45. The van der Waals surface area contributed by atoms with Crippen molar-refractivity contribution in [1.29, 1.82) is 0 Å². The van der Waals surface area contributed by atoms with E-state index in [0.29, 0.717) is 12.4 Å². The molecule has 0 bridgehead atoms. The first-order valence-electron chi connectivity index (χ1n) is 5.11. The van der Waals surface area contributed by atoms with Crippen LogP contribution in [-0.2, 0) is 11.3 Å². The van der Waals surface area contributed by atoms with Crippen LogP contribution in [0.3, 0.4) is 0 Å². The second kappa shape index (κ2) is 6.07. The van der Waals surface area contributed by atoms with Crippen molar-refractivity contribution in [2.24, 2.45) is 0 Å². The van der Waals surface area contributed by atoms with Gasteiger partial charge in [-0.25, -0.2) is 4.98 Å². The van der Waals surface area contributed by atoms with E-state index in [1.54, 1.807) is 26.4 Å². The van der Waals surface area contributed by atoms with Crippen molar-refractivity contribution in [3.63, 3.8) is 0 Å². The fraction of sp³-hybridized carbons (Fsp3) is 0.455. The molecule has 0 spiro atoms. The van der Waals surface area contributed by atoms with Gasteiger partial charge in [0.2, 0.25) is 11.8 Å². The molecule has 16 heavy (non-hydrogen) atoms. The van der Waals surface area contributed by atoms with Crippen LogP contribution in [-0.4, -0.2) is 31.1 Å². The van der Waals surface area contributed by atoms with E-state index in [-0.39, 0.29) is 11.9 Å². The third kappa shape index (κ3) is 3.51. The Kier molecular flexibility index (Phi) is 4.72. The fourth-order valence-corrected chi connectivity index (χ4v) is 1.15. The summed E-state index contributed by atoms with van der Waals surface area (Å²) >= 11 is 0. The number of ether oxygens (including phenoxy) is 1. The molecule has 0 radical (unpaired) electrons. The molecular weight excluding hydrogens is 206 g/mol. The Morgan fingerprint density at radius 2 is 2.38 bits per heavy atom. The highest BCUT2D eigenvalue weighted by molar-refractivity contribution is 5.81. The molecular formula is C11H17N3O2. The van der Waals surface area contributed by atoms with Crippen LogP contribution in [0.25, 0.3) is 0 Å². The Balaban J connectivity index is 2.51. The van der Waals surface area contributed by atoms with Crippen LogP contribution < -0.4 is 15.4 Å². The third-order valence-electron chi connectivity index (χ3n) is 2.30. The Labute approximate surface area is 95.2 Å². The summed E-state index contributed by atoms with van der Waals surface area (Å²) < 4.78 is 4.99. The molecule has 0 aliphatic carbocycles. The number of rotatable bonds is 5. The highest BCUT2D eigenvalue weighted by Crippen LogP contribution is 2.07. The summed E-state index contributed by atoms with van der Waals surface area (Å²) in [5.74, 6) is 0.520. The first-order valence-corrected chi connectivity index (χ1v) is 5.11. The van der Waals surface area contributed by atoms with E-state index in [0.717, 1.165) is 5.56 Å². The molecule has 1 unspecified atom stereocenters. The third-order valence-corrected chi connectivity index (χ3v) is 2.30. The predicted molar refractivity (Wildman–Crippen MR) is 61.2 cm³/mol. The lowest BCUT2D eigenvalue weighted by Gasteiger charge is -2.11. The van der Waals surface area contributed by atoms with Gasteiger partial charge in [-0.1, -0.05) is 0 Å². The average molecular weight is 223 g/mol. The highest BCUT2D eigenvalue weighted by Gasteiger charge is 2.09. The number of amides is 1. The number of hydrogen-bond acceptors (Lipinski definition) is 4. The first-order chi connectivity index (χ1) is 7.67. The number of pyridine rings is 1. The normalized spacial score (nSPS) is 11.9. The van der Waals surface area contributed by atoms with Gasteiger partial charge in [-0.3, -0.25) is 4.79 Å². The summed E-state index contributed by atoms with van der Waals surface area (Å²) in [5, 5.41) is 5.69. The van der Waals surface area contributed by atoms with Gasteiger partial charge in [0, 0.05) is 18.8 Å². The Hall–Kier alpha value is -1.62. The molecule has 1 atom stereocenters. The first kappa shape index (κ1) is 12.4. The number of methoxy groups -OCH3 is 1. The fourth-order valence-electron chi connectivity index (χ4n) is 1.15. The minimum absolute atomic E-state index is 0.0294. The number of aromatic nitrogens is 1. The van der Waals surface area contributed by atoms with Crippen LogP contribution in [0, 0.1) is 0 Å². The summed E-state index contributed by atoms with van der Waals surface area (Å²) in [5.41, 5.74) is 0.962. The zero-order valence-corrected chi connectivity index (χ0v) is 9.78. The van der Waals surface area contributed by atoms with Crippen molar-refractivity contribution in [3.05, 3.63) is 23.9 Å². The molecule has 1 aromatic heterocycles. The van der Waals surface area contributed by atoms with E-state index in [1.807, 2.05) is 13.0 Å². The number of likely N-dealkylation sites (N-methyl/N-ethyl adjacent to an activating group) is 1. The van der Waals surface area contributed by atoms with Crippen LogP contribution in [0.15, 0.2) is 18.3 Å². The minimum atomic E-state index is -0.191. The molecule has 88 valence electrons. The number of nitrogens with zero attached hydrogens (tertiary/aromatic N) is 1. The monoisotopic (exact) mass is 223 g/mol. The zero-order chi connectivity index (χ0) is 12.0. The number of carbonyl (C=O) groups is 1. The predicted octanol–water partition coefficient (Wildman–Crippen LogP) is 0.314. The van der Waals surface area contributed by atoms with E-state index in [2.05, 4.69) is 15.6 Å². The van der Waals surface area contributed by atoms with E-state index in [9.17, 15) is 4.79 Å². The maximum Gasteiger partial charge on any atom is 0.237 e. The summed E-state index contributed by atoms with van der Waals surface area (Å²) in [6.45, 7) is 2.28. The number of nitrogens with one attached hydrogen (secondary N) is 2. The molecule has 0 aromatic carbocycles. The Bertz CT molecular complexity index is 355. The molecule has 5 nitrogen and oxygen atoms in total. The largest absolute Gasteiger partial charge is 0.481 e. The average Bonchev–Trinajstić information content (AvgIpc) is 2.35. The standard InChI is InChI=1S/C11H17N3O2/c1-8(12-2)11(15)14-7-9-4-5-13-10(6-9)16-3/h4-6,8,12H,7H2,1-3H3,(H,14,15). The van der Waals surface area contributed by atoms with E-state index < -0.39 is 0 Å². The van der Waals surface area contributed by atoms with E-state index in [1.165, 1.54) is 0 Å². The van der Waals surface area contributed by atoms with Crippen LogP contribution in [0.4, 0.5) is 0 Å². The molecule has 0 aliphatic rings. The zero-order valence-electron chi connectivity index (χ0n) is 9.78. The van der Waals surface area contributed by atoms with Crippen LogP contribution in [0.2, 0.25) is 0 Å². The Morgan fingerprint density at radius 3 is 3.00 bits per heavy atom. The number of hydrogen-bond donors (Lipinski definition) is 2. The van der Waals surface area contributed by atoms with Gasteiger partial charge in [0.25, 0.3) is 0 Å². The summed E-state index contributed by atoms with van der Waals surface area (Å²) in [6.07, 6.45) is 1.65. The van der Waals surface area contributed by atoms with Gasteiger partial charge in [0.15, 0.2) is 0 Å². The van der Waals surface area contributed by atoms with Crippen molar-refractivity contribution in [2.75, 3.05) is 14.2 Å². The quantitative estimate of drug-likeness (QED) is 0.754. The van der Waals surface area contributed by atoms with Gasteiger partial charge in [-0.05, 0) is 25.6 Å². The molecule has 2 N–H and O–H groups in total. The van der Waals surface area contributed by atoms with Crippen LogP contribution in [0.1, 0.15) is 12.5 Å².